The number of hydrogen-bond donors (Lipinski definition) is 2. The molecule has 1 unspecified atom stereocenters. The molecule has 3 N–H and O–H groups in total. The van der Waals surface area contributed by atoms with Crippen molar-refractivity contribution in [2.24, 2.45) is 5.73 Å². The molecule has 2 aliphatic heterocycles. The quantitative estimate of drug-likeness (QED) is 0.568. The lowest BCUT2D eigenvalue weighted by Gasteiger charge is -2.32. The maximum absolute atomic E-state index is 12.9. The minimum Gasteiger partial charge on any atom is -0.384 e. The molecule has 1 aromatic carbocycles. The zero-order valence-electron chi connectivity index (χ0n) is 14.7. The Morgan fingerprint density at radius 3 is 2.65 bits per heavy atom. The normalized spacial score (nSPS) is 20.0. The number of benzene rings is 1. The molecular weight excluding hydrogens is 336 g/mol. The SMILES string of the molecule is CN1C(=O)CCC(N2C(=O)c3cccc(NCCCCN)c3C2=O)C1=O. The largest absolute Gasteiger partial charge is 0.384 e. The summed E-state index contributed by atoms with van der Waals surface area (Å²) in [6.07, 6.45) is 2.00. The Balaban J connectivity index is 1.86. The van der Waals surface area contributed by atoms with Crippen LogP contribution in [0.1, 0.15) is 46.4 Å². The highest BCUT2D eigenvalue weighted by Crippen LogP contribution is 2.33. The molecule has 8 nitrogen and oxygen atoms in total. The summed E-state index contributed by atoms with van der Waals surface area (Å²) < 4.78 is 0. The molecule has 1 aromatic rings. The van der Waals surface area contributed by atoms with Crippen molar-refractivity contribution < 1.29 is 19.2 Å². The van der Waals surface area contributed by atoms with Gasteiger partial charge in [0.25, 0.3) is 17.7 Å². The third-order valence-corrected chi connectivity index (χ3v) is 4.83. The lowest BCUT2D eigenvalue weighted by molar-refractivity contribution is -0.149. The molecule has 1 atom stereocenters. The number of carbonyl (C=O) groups is 4. The molecule has 0 spiro atoms. The number of amides is 4. The van der Waals surface area contributed by atoms with Crippen molar-refractivity contribution in [3.05, 3.63) is 29.3 Å². The van der Waals surface area contributed by atoms with Crippen LogP contribution in [0.5, 0.6) is 0 Å². The average molecular weight is 358 g/mol. The minimum atomic E-state index is -0.935. The summed E-state index contributed by atoms with van der Waals surface area (Å²) in [6, 6.07) is 4.10. The van der Waals surface area contributed by atoms with Crippen molar-refractivity contribution in [1.29, 1.82) is 0 Å². The molecule has 4 amide bonds. The van der Waals surface area contributed by atoms with Crippen LogP contribution in [0.15, 0.2) is 18.2 Å². The summed E-state index contributed by atoms with van der Waals surface area (Å²) in [5.74, 6) is -1.80. The lowest BCUT2D eigenvalue weighted by atomic mass is 10.0. The fourth-order valence-electron chi connectivity index (χ4n) is 3.36. The maximum Gasteiger partial charge on any atom is 0.264 e. The third-order valence-electron chi connectivity index (χ3n) is 4.83. The van der Waals surface area contributed by atoms with E-state index in [0.29, 0.717) is 18.8 Å². The molecule has 8 heteroatoms. The molecule has 0 aliphatic carbocycles. The van der Waals surface area contributed by atoms with Crippen LogP contribution in [-0.4, -0.2) is 59.6 Å². The third kappa shape index (κ3) is 2.96. The van der Waals surface area contributed by atoms with Gasteiger partial charge in [-0.05, 0) is 37.9 Å². The minimum absolute atomic E-state index is 0.129. The number of nitrogens with zero attached hydrogens (tertiary/aromatic N) is 2. The lowest BCUT2D eigenvalue weighted by Crippen LogP contribution is -2.54. The van der Waals surface area contributed by atoms with Gasteiger partial charge in [0.1, 0.15) is 6.04 Å². The molecule has 0 aromatic heterocycles. The highest BCUT2D eigenvalue weighted by Gasteiger charge is 2.46. The molecule has 2 aliphatic rings. The van der Waals surface area contributed by atoms with Gasteiger partial charge in [0.15, 0.2) is 0 Å². The first-order valence-corrected chi connectivity index (χ1v) is 8.72. The fraction of sp³-hybridized carbons (Fsp3) is 0.444. The number of nitrogens with one attached hydrogen (secondary N) is 1. The van der Waals surface area contributed by atoms with Gasteiger partial charge >= 0.3 is 0 Å². The van der Waals surface area contributed by atoms with Crippen molar-refractivity contribution >= 4 is 29.3 Å². The number of likely N-dealkylation sites (N-methyl/N-ethyl adjacent to an activating group) is 1. The maximum atomic E-state index is 12.9. The Bertz CT molecular complexity index is 776. The number of carbonyl (C=O) groups excluding carboxylic acids is 4. The molecule has 0 radical (unpaired) electrons. The second kappa shape index (κ2) is 7.25. The van der Waals surface area contributed by atoms with Crippen molar-refractivity contribution in [3.8, 4) is 0 Å². The first-order chi connectivity index (χ1) is 12.5. The van der Waals surface area contributed by atoms with Crippen LogP contribution in [-0.2, 0) is 9.59 Å². The number of hydrogen-bond acceptors (Lipinski definition) is 6. The van der Waals surface area contributed by atoms with Crippen molar-refractivity contribution in [2.75, 3.05) is 25.5 Å². The van der Waals surface area contributed by atoms with Crippen LogP contribution in [0.2, 0.25) is 0 Å². The zero-order valence-corrected chi connectivity index (χ0v) is 14.7. The highest BCUT2D eigenvalue weighted by molar-refractivity contribution is 6.25. The number of imide groups is 2. The molecule has 1 saturated heterocycles. The van der Waals surface area contributed by atoms with E-state index in [1.54, 1.807) is 18.2 Å². The van der Waals surface area contributed by atoms with E-state index >= 15 is 0 Å². The summed E-state index contributed by atoms with van der Waals surface area (Å²) in [4.78, 5) is 51.8. The van der Waals surface area contributed by atoms with Gasteiger partial charge in [-0.3, -0.25) is 29.0 Å². The van der Waals surface area contributed by atoms with Gasteiger partial charge in [0, 0.05) is 25.7 Å². The van der Waals surface area contributed by atoms with Crippen molar-refractivity contribution in [1.82, 2.24) is 9.80 Å². The van der Waals surface area contributed by atoms with E-state index in [2.05, 4.69) is 5.32 Å². The van der Waals surface area contributed by atoms with Gasteiger partial charge in [-0.25, -0.2) is 0 Å². The molecule has 2 heterocycles. The van der Waals surface area contributed by atoms with Crippen LogP contribution < -0.4 is 11.1 Å². The second-order valence-corrected chi connectivity index (χ2v) is 6.48. The Hall–Kier alpha value is -2.74. The van der Waals surface area contributed by atoms with Crippen molar-refractivity contribution in [3.63, 3.8) is 0 Å². The number of fused-ring (bicyclic) bond motifs is 1. The second-order valence-electron chi connectivity index (χ2n) is 6.48. The molecule has 138 valence electrons. The number of rotatable bonds is 6. The van der Waals surface area contributed by atoms with E-state index in [9.17, 15) is 19.2 Å². The van der Waals surface area contributed by atoms with E-state index in [0.717, 1.165) is 22.6 Å². The fourth-order valence-corrected chi connectivity index (χ4v) is 3.36. The smallest absolute Gasteiger partial charge is 0.264 e. The zero-order chi connectivity index (χ0) is 18.8. The van der Waals surface area contributed by atoms with Gasteiger partial charge in [0.2, 0.25) is 5.91 Å². The summed E-state index contributed by atoms with van der Waals surface area (Å²) in [5.41, 5.74) is 6.63. The van der Waals surface area contributed by atoms with Gasteiger partial charge in [-0.2, -0.15) is 0 Å². The van der Waals surface area contributed by atoms with E-state index in [4.69, 9.17) is 5.73 Å². The molecule has 3 rings (SSSR count). The summed E-state index contributed by atoms with van der Waals surface area (Å²) in [6.45, 7) is 1.23. The van der Waals surface area contributed by atoms with Crippen LogP contribution >= 0.6 is 0 Å². The Morgan fingerprint density at radius 1 is 1.15 bits per heavy atom. The topological polar surface area (TPSA) is 113 Å². The van der Waals surface area contributed by atoms with E-state index in [-0.39, 0.29) is 29.9 Å². The predicted molar refractivity (Wildman–Crippen MR) is 94.5 cm³/mol. The van der Waals surface area contributed by atoms with Crippen LogP contribution in [0.25, 0.3) is 0 Å². The number of piperidine rings is 1. The molecule has 0 bridgehead atoms. The van der Waals surface area contributed by atoms with Crippen LogP contribution in [0, 0.1) is 0 Å². The summed E-state index contributed by atoms with van der Waals surface area (Å²) >= 11 is 0. The Kier molecular flexibility index (Phi) is 5.03. The van der Waals surface area contributed by atoms with Gasteiger partial charge in [-0.15, -0.1) is 0 Å². The molecular formula is C18H22N4O4. The Labute approximate surface area is 151 Å². The van der Waals surface area contributed by atoms with Crippen molar-refractivity contribution in [2.45, 2.75) is 31.7 Å². The number of nitrogens with two attached hydrogens (primary N) is 1. The Morgan fingerprint density at radius 2 is 1.92 bits per heavy atom. The van der Waals surface area contributed by atoms with Gasteiger partial charge in [0.05, 0.1) is 11.1 Å². The molecule has 26 heavy (non-hydrogen) atoms. The first kappa shape index (κ1) is 18.1. The highest BCUT2D eigenvalue weighted by atomic mass is 16.2. The monoisotopic (exact) mass is 358 g/mol. The van der Waals surface area contributed by atoms with Gasteiger partial charge in [-0.1, -0.05) is 6.07 Å². The van der Waals surface area contributed by atoms with Crippen LogP contribution in [0.3, 0.4) is 0 Å². The average Bonchev–Trinajstić information content (AvgIpc) is 2.89. The predicted octanol–water partition coefficient (Wildman–Crippen LogP) is 0.581. The number of likely N-dealkylation sites (tertiary alicyclic amines) is 1. The van der Waals surface area contributed by atoms with E-state index < -0.39 is 23.8 Å². The number of anilines is 1. The van der Waals surface area contributed by atoms with Gasteiger partial charge < -0.3 is 11.1 Å². The standard InChI is InChI=1S/C18H22N4O4/c1-21-14(23)8-7-13(17(21)25)22-16(24)11-5-4-6-12(15(11)18(22)26)20-10-3-2-9-19/h4-6,13,20H,2-3,7-10,19H2,1H3. The van der Waals surface area contributed by atoms with E-state index in [1.807, 2.05) is 0 Å². The summed E-state index contributed by atoms with van der Waals surface area (Å²) in [5, 5.41) is 3.18. The van der Waals surface area contributed by atoms with Crippen LogP contribution in [0.4, 0.5) is 5.69 Å². The summed E-state index contributed by atoms with van der Waals surface area (Å²) in [7, 11) is 1.37. The number of unbranched alkanes of at least 4 members (excludes halogenated alkanes) is 1. The molecule has 1 fully saturated rings. The first-order valence-electron chi connectivity index (χ1n) is 8.72. The van der Waals surface area contributed by atoms with E-state index in [1.165, 1.54) is 7.05 Å². The molecule has 0 saturated carbocycles.